The molecule has 5 aromatic carbocycles. The average molecular weight is 601 g/mol. The van der Waals surface area contributed by atoms with E-state index in [4.69, 9.17) is 0 Å². The molecule has 3 heteroatoms. The van der Waals surface area contributed by atoms with Gasteiger partial charge in [0.1, 0.15) is 0 Å². The SMILES string of the molecule is CC(C)C1=[C-]CC=C1.[Cl-].[Cl-].[Zr+2]=[C](c1ccccc1)c1ccccc1.c1ccc2c(c1)[cH-]c1ccccc12. The summed E-state index contributed by atoms with van der Waals surface area (Å²) in [5.41, 5.74) is 4.03. The molecule has 1 aliphatic carbocycles. The predicted octanol–water partition coefficient (Wildman–Crippen LogP) is 2.85. The summed E-state index contributed by atoms with van der Waals surface area (Å²) >= 11 is 1.46. The van der Waals surface area contributed by atoms with Crippen LogP contribution in [0.25, 0.3) is 21.5 Å². The predicted molar refractivity (Wildman–Crippen MR) is 148 cm³/mol. The molecule has 0 spiro atoms. The summed E-state index contributed by atoms with van der Waals surface area (Å²) in [6.45, 7) is 4.38. The van der Waals surface area contributed by atoms with Gasteiger partial charge in [0.25, 0.3) is 0 Å². The van der Waals surface area contributed by atoms with Crippen LogP contribution in [0.15, 0.2) is 133 Å². The topological polar surface area (TPSA) is 0 Å². The van der Waals surface area contributed by atoms with Gasteiger partial charge in [0.2, 0.25) is 0 Å². The minimum absolute atomic E-state index is 0. The average Bonchev–Trinajstić information content (AvgIpc) is 3.59. The van der Waals surface area contributed by atoms with Crippen molar-refractivity contribution in [3.8, 4) is 0 Å². The van der Waals surface area contributed by atoms with Crippen LogP contribution in [0, 0.1) is 12.0 Å². The summed E-state index contributed by atoms with van der Waals surface area (Å²) in [6, 6.07) is 40.4. The monoisotopic (exact) mass is 598 g/mol. The third-order valence-corrected chi connectivity index (χ3v) is 7.41. The van der Waals surface area contributed by atoms with Gasteiger partial charge in [-0.2, -0.15) is 6.08 Å². The maximum atomic E-state index is 3.26. The van der Waals surface area contributed by atoms with Gasteiger partial charge >= 0.3 is 99.2 Å². The first-order valence-corrected chi connectivity index (χ1v) is 13.4. The van der Waals surface area contributed by atoms with Crippen LogP contribution in [0.1, 0.15) is 31.4 Å². The van der Waals surface area contributed by atoms with E-state index in [1.54, 1.807) is 0 Å². The van der Waals surface area contributed by atoms with Crippen molar-refractivity contribution >= 4 is 24.8 Å². The van der Waals surface area contributed by atoms with Crippen LogP contribution in [-0.4, -0.2) is 3.21 Å². The van der Waals surface area contributed by atoms with E-state index >= 15 is 0 Å². The standard InChI is InChI=1S/C13H9.C13H10.C8H11.2ClH.Zr/c1-3-7-12-10(5-1)9-11-6-2-4-8-13(11)12;1-3-7-12(8-4-1)11-13-9-5-2-6-10-13;1-7(2)8-5-3-4-6-8;;;/h1-9H;1-10H;3,5,7H,4H2,1-2H3;2*1H;/q-1;;-1;;;+2/p-2. The Balaban J connectivity index is 0.000000197. The molecule has 37 heavy (non-hydrogen) atoms. The molecule has 0 unspecified atom stereocenters. The van der Waals surface area contributed by atoms with Crippen molar-refractivity contribution in [1.82, 2.24) is 0 Å². The normalized spacial score (nSPS) is 11.4. The van der Waals surface area contributed by atoms with Crippen LogP contribution in [-0.2, 0) is 24.2 Å². The molecular weight excluding hydrogens is 571 g/mol. The zero-order valence-electron chi connectivity index (χ0n) is 21.2. The second-order valence-electron chi connectivity index (χ2n) is 8.82. The van der Waals surface area contributed by atoms with Gasteiger partial charge in [0, 0.05) is 0 Å². The van der Waals surface area contributed by atoms with Gasteiger partial charge in [-0.1, -0.05) is 56.2 Å². The third-order valence-electron chi connectivity index (χ3n) is 5.99. The molecule has 0 radical (unpaired) electrons. The smallest absolute Gasteiger partial charge is 0.0771 e. The zero-order chi connectivity index (χ0) is 24.5. The summed E-state index contributed by atoms with van der Waals surface area (Å²) in [7, 11) is 0. The van der Waals surface area contributed by atoms with E-state index in [2.05, 4.69) is 147 Å². The summed E-state index contributed by atoms with van der Waals surface area (Å²) in [5, 5.41) is 5.39. The zero-order valence-corrected chi connectivity index (χ0v) is 25.1. The Hall–Kier alpha value is -2.44. The van der Waals surface area contributed by atoms with Crippen molar-refractivity contribution < 1.29 is 49.0 Å². The van der Waals surface area contributed by atoms with Crippen LogP contribution < -0.4 is 24.8 Å². The summed E-state index contributed by atoms with van der Waals surface area (Å²) in [6.07, 6.45) is 8.59. The number of fused-ring (bicyclic) bond motifs is 3. The molecule has 1 aliphatic rings. The molecule has 0 saturated carbocycles. The molecule has 0 amide bonds. The van der Waals surface area contributed by atoms with Gasteiger partial charge < -0.3 is 24.8 Å². The Bertz CT molecular complexity index is 1350. The van der Waals surface area contributed by atoms with Crippen molar-refractivity contribution in [1.29, 1.82) is 0 Å². The van der Waals surface area contributed by atoms with E-state index in [1.165, 1.54) is 65.7 Å². The van der Waals surface area contributed by atoms with Gasteiger partial charge in [-0.25, -0.2) is 11.6 Å². The molecule has 0 aliphatic heterocycles. The van der Waals surface area contributed by atoms with Crippen LogP contribution in [0.2, 0.25) is 0 Å². The number of halogens is 2. The molecule has 0 saturated heterocycles. The first kappa shape index (κ1) is 30.8. The Labute approximate surface area is 248 Å². The van der Waals surface area contributed by atoms with Crippen molar-refractivity contribution in [2.75, 3.05) is 0 Å². The van der Waals surface area contributed by atoms with E-state index in [-0.39, 0.29) is 24.8 Å². The van der Waals surface area contributed by atoms with Crippen LogP contribution in [0.5, 0.6) is 0 Å². The summed E-state index contributed by atoms with van der Waals surface area (Å²) in [4.78, 5) is 0. The Morgan fingerprint density at radius 1 is 0.676 bits per heavy atom. The molecule has 0 bridgehead atoms. The molecule has 0 aromatic heterocycles. The molecule has 0 fully saturated rings. The molecule has 6 rings (SSSR count). The molecule has 0 atom stereocenters. The Morgan fingerprint density at radius 3 is 1.49 bits per heavy atom. The molecule has 0 N–H and O–H groups in total. The minimum atomic E-state index is 0. The van der Waals surface area contributed by atoms with Crippen LogP contribution in [0.3, 0.4) is 0 Å². The van der Waals surface area contributed by atoms with E-state index in [1.807, 2.05) is 0 Å². The molecule has 5 aromatic rings. The molecular formula is C34H30Cl2Zr-2. The number of rotatable bonds is 3. The van der Waals surface area contributed by atoms with E-state index < -0.39 is 0 Å². The summed E-state index contributed by atoms with van der Waals surface area (Å²) in [5.74, 6) is 0.661. The number of hydrogen-bond donors (Lipinski definition) is 0. The maximum Gasteiger partial charge on any atom is -0.0771 e. The number of benzene rings is 4. The fourth-order valence-electron chi connectivity index (χ4n) is 4.10. The van der Waals surface area contributed by atoms with Gasteiger partial charge in [0.15, 0.2) is 0 Å². The quantitative estimate of drug-likeness (QED) is 0.280. The van der Waals surface area contributed by atoms with E-state index in [9.17, 15) is 0 Å². The molecule has 0 nitrogen and oxygen atoms in total. The number of allylic oxidation sites excluding steroid dienone is 4. The van der Waals surface area contributed by atoms with Crippen LogP contribution in [0.4, 0.5) is 0 Å². The van der Waals surface area contributed by atoms with Crippen LogP contribution >= 0.6 is 0 Å². The third kappa shape index (κ3) is 8.54. The van der Waals surface area contributed by atoms with Crippen molar-refractivity contribution in [3.63, 3.8) is 0 Å². The van der Waals surface area contributed by atoms with Crippen molar-refractivity contribution in [2.45, 2.75) is 20.3 Å². The first-order chi connectivity index (χ1) is 17.1. The van der Waals surface area contributed by atoms with Crippen molar-refractivity contribution in [2.24, 2.45) is 5.92 Å². The largest absolute Gasteiger partial charge is 0.126 e. The fourth-order valence-corrected chi connectivity index (χ4v) is 4.92. The Kier molecular flexibility index (Phi) is 13.1. The van der Waals surface area contributed by atoms with Gasteiger partial charge in [-0.15, -0.1) is 46.2 Å². The van der Waals surface area contributed by atoms with E-state index in [0.717, 1.165) is 6.42 Å². The second kappa shape index (κ2) is 15.7. The van der Waals surface area contributed by atoms with Crippen molar-refractivity contribution in [3.05, 3.63) is 150 Å². The van der Waals surface area contributed by atoms with Gasteiger partial charge in [-0.05, 0) is 0 Å². The fraction of sp³-hybridized carbons (Fsp3) is 0.118. The molecule has 186 valence electrons. The minimum Gasteiger partial charge on any atom is -0.126 e. The van der Waals surface area contributed by atoms with Gasteiger partial charge in [-0.3, -0.25) is 6.08 Å². The second-order valence-corrected chi connectivity index (χ2v) is 10.0. The number of hydrogen-bond acceptors (Lipinski definition) is 0. The summed E-state index contributed by atoms with van der Waals surface area (Å²) < 4.78 is 1.42. The molecule has 0 heterocycles. The van der Waals surface area contributed by atoms with E-state index in [0.29, 0.717) is 5.92 Å². The Morgan fingerprint density at radius 2 is 1.11 bits per heavy atom. The first-order valence-electron chi connectivity index (χ1n) is 12.1. The van der Waals surface area contributed by atoms with Gasteiger partial charge in [0.05, 0.1) is 0 Å². The maximum absolute atomic E-state index is 3.26.